The molecular weight excluding hydrogens is 390 g/mol. The number of hydrogen-bond acceptors (Lipinski definition) is 9. The second kappa shape index (κ2) is 9.98. The first kappa shape index (κ1) is 23.0. The molecule has 1 aromatic carbocycles. The summed E-state index contributed by atoms with van der Waals surface area (Å²) in [6.07, 6.45) is -0.169. The summed E-state index contributed by atoms with van der Waals surface area (Å²) in [5, 5.41) is 28.3. The molecule has 2 aromatic rings. The molecular formula is C20H25N5O5. The number of amides is 1. The number of ether oxygens (including phenoxy) is 1. The zero-order chi connectivity index (χ0) is 22.3. The summed E-state index contributed by atoms with van der Waals surface area (Å²) in [4.78, 5) is 26.1. The number of aliphatic hydroxyl groups excluding tert-OH is 1. The Morgan fingerprint density at radius 3 is 2.73 bits per heavy atom. The van der Waals surface area contributed by atoms with E-state index in [-0.39, 0.29) is 36.3 Å². The second-order valence-corrected chi connectivity index (χ2v) is 7.17. The van der Waals surface area contributed by atoms with Crippen LogP contribution in [-0.2, 0) is 4.84 Å². The summed E-state index contributed by atoms with van der Waals surface area (Å²) < 4.78 is 5.70. The molecule has 5 N–H and O–H groups in total. The lowest BCUT2D eigenvalue weighted by atomic mass is 10.1. The van der Waals surface area contributed by atoms with E-state index in [1.807, 2.05) is 6.07 Å². The summed E-state index contributed by atoms with van der Waals surface area (Å²) in [6, 6.07) is 8.59. The van der Waals surface area contributed by atoms with E-state index in [0.29, 0.717) is 17.5 Å². The van der Waals surface area contributed by atoms with Gasteiger partial charge in [-0.3, -0.25) is 9.63 Å². The van der Waals surface area contributed by atoms with Crippen molar-refractivity contribution in [2.24, 2.45) is 0 Å². The molecule has 1 unspecified atom stereocenters. The Balaban J connectivity index is 2.44. The lowest BCUT2D eigenvalue weighted by molar-refractivity contribution is -0.0523. The number of nitrogens with zero attached hydrogens (tertiary/aromatic N) is 3. The van der Waals surface area contributed by atoms with Gasteiger partial charge in [-0.05, 0) is 32.4 Å². The number of nitrogens with one attached hydrogen (secondary N) is 1. The third-order valence-corrected chi connectivity index (χ3v) is 3.91. The number of carbonyl (C=O) groups excluding carboxylic acids is 1. The molecule has 1 atom stereocenters. The number of rotatable bonds is 9. The molecule has 30 heavy (non-hydrogen) atoms. The molecule has 0 radical (unpaired) electrons. The van der Waals surface area contributed by atoms with Gasteiger partial charge in [-0.2, -0.15) is 10.2 Å². The van der Waals surface area contributed by atoms with Crippen LogP contribution < -0.4 is 16.0 Å². The lowest BCUT2D eigenvalue weighted by Gasteiger charge is -2.19. The predicted octanol–water partition coefficient (Wildman–Crippen LogP) is 1.18. The van der Waals surface area contributed by atoms with Crippen molar-refractivity contribution in [3.63, 3.8) is 0 Å². The van der Waals surface area contributed by atoms with Crippen LogP contribution in [0.15, 0.2) is 24.3 Å². The van der Waals surface area contributed by atoms with E-state index in [1.165, 1.54) is 13.8 Å². The van der Waals surface area contributed by atoms with Crippen molar-refractivity contribution >= 4 is 11.7 Å². The highest BCUT2D eigenvalue weighted by Crippen LogP contribution is 2.27. The number of aromatic nitrogens is 2. The fourth-order valence-corrected chi connectivity index (χ4v) is 2.35. The minimum absolute atomic E-state index is 0.134. The minimum atomic E-state index is -1.16. The summed E-state index contributed by atoms with van der Waals surface area (Å²) >= 11 is 0. The number of anilines is 1. The molecule has 160 valence electrons. The summed E-state index contributed by atoms with van der Waals surface area (Å²) in [6.45, 7) is 4.37. The van der Waals surface area contributed by atoms with Crippen LogP contribution >= 0.6 is 0 Å². The van der Waals surface area contributed by atoms with Gasteiger partial charge in [-0.1, -0.05) is 19.1 Å². The molecule has 0 aliphatic heterocycles. The zero-order valence-electron chi connectivity index (χ0n) is 17.0. The van der Waals surface area contributed by atoms with Crippen LogP contribution in [0.4, 0.5) is 5.82 Å². The molecule has 0 spiro atoms. The van der Waals surface area contributed by atoms with Crippen molar-refractivity contribution in [3.8, 4) is 23.3 Å². The lowest BCUT2D eigenvalue weighted by Crippen LogP contribution is -2.34. The monoisotopic (exact) mass is 415 g/mol. The minimum Gasteiger partial charge on any atom is -0.471 e. The predicted molar refractivity (Wildman–Crippen MR) is 108 cm³/mol. The molecule has 0 bridgehead atoms. The van der Waals surface area contributed by atoms with Crippen LogP contribution in [0.3, 0.4) is 0 Å². The molecule has 1 aromatic heterocycles. The third-order valence-electron chi connectivity index (χ3n) is 3.91. The molecule has 0 fully saturated rings. The number of hydroxylamine groups is 1. The maximum Gasteiger partial charge on any atom is 0.284 e. The molecule has 0 aliphatic carbocycles. The van der Waals surface area contributed by atoms with Crippen molar-refractivity contribution in [1.82, 2.24) is 15.4 Å². The standard InChI is InChI=1S/C20H25N5O5/c1-4-14(10-26)30-19-15(18(27)25-29-11-20(2,3)28)16(22)23-17(24-19)13-7-5-6-12(8-13)9-21/h5-8,14,26,28H,4,10-11H2,1-3H3,(H,25,27)(H2,22,23,24). The molecule has 1 amide bonds. The fourth-order valence-electron chi connectivity index (χ4n) is 2.35. The Kier molecular flexibility index (Phi) is 7.66. The first-order valence-electron chi connectivity index (χ1n) is 9.28. The van der Waals surface area contributed by atoms with Gasteiger partial charge in [0.25, 0.3) is 5.91 Å². The Bertz CT molecular complexity index is 932. The molecule has 0 saturated carbocycles. The maximum atomic E-state index is 12.6. The highest BCUT2D eigenvalue weighted by molar-refractivity contribution is 6.00. The van der Waals surface area contributed by atoms with Crippen molar-refractivity contribution in [3.05, 3.63) is 35.4 Å². The number of nitrogens with two attached hydrogens (primary N) is 1. The van der Waals surface area contributed by atoms with Gasteiger partial charge in [0.2, 0.25) is 5.88 Å². The van der Waals surface area contributed by atoms with E-state index in [1.54, 1.807) is 31.2 Å². The van der Waals surface area contributed by atoms with Crippen molar-refractivity contribution in [2.45, 2.75) is 38.9 Å². The van der Waals surface area contributed by atoms with Gasteiger partial charge in [0, 0.05) is 5.56 Å². The van der Waals surface area contributed by atoms with E-state index in [4.69, 9.17) is 20.6 Å². The second-order valence-electron chi connectivity index (χ2n) is 7.17. The summed E-state index contributed by atoms with van der Waals surface area (Å²) in [7, 11) is 0. The average Bonchev–Trinajstić information content (AvgIpc) is 2.70. The average molecular weight is 415 g/mol. The topological polar surface area (TPSA) is 164 Å². The SMILES string of the molecule is CCC(CO)Oc1nc(-c2cccc(C#N)c2)nc(N)c1C(=O)NOCC(C)(C)O. The van der Waals surface area contributed by atoms with Crippen molar-refractivity contribution in [1.29, 1.82) is 5.26 Å². The highest BCUT2D eigenvalue weighted by Gasteiger charge is 2.24. The van der Waals surface area contributed by atoms with Crippen LogP contribution in [0.5, 0.6) is 5.88 Å². The van der Waals surface area contributed by atoms with E-state index >= 15 is 0 Å². The van der Waals surface area contributed by atoms with Gasteiger partial charge in [-0.25, -0.2) is 10.5 Å². The smallest absolute Gasteiger partial charge is 0.284 e. The Hall–Kier alpha value is -3.26. The summed E-state index contributed by atoms with van der Waals surface area (Å²) in [5.41, 5.74) is 7.79. The van der Waals surface area contributed by atoms with Gasteiger partial charge in [-0.15, -0.1) is 0 Å². The van der Waals surface area contributed by atoms with Crippen LogP contribution in [0.2, 0.25) is 0 Å². The number of carbonyl (C=O) groups is 1. The molecule has 1 heterocycles. The number of nitriles is 1. The molecule has 10 heteroatoms. The molecule has 2 rings (SSSR count). The van der Waals surface area contributed by atoms with Crippen LogP contribution in [0, 0.1) is 11.3 Å². The quantitative estimate of drug-likeness (QED) is 0.440. The van der Waals surface area contributed by atoms with E-state index in [9.17, 15) is 15.0 Å². The highest BCUT2D eigenvalue weighted by atomic mass is 16.7. The number of nitrogen functional groups attached to an aromatic ring is 1. The Morgan fingerprint density at radius 2 is 2.13 bits per heavy atom. The van der Waals surface area contributed by atoms with Gasteiger partial charge < -0.3 is 20.7 Å². The normalized spacial score (nSPS) is 12.1. The van der Waals surface area contributed by atoms with E-state index < -0.39 is 17.6 Å². The van der Waals surface area contributed by atoms with Gasteiger partial charge in [0.15, 0.2) is 5.82 Å². The zero-order valence-corrected chi connectivity index (χ0v) is 17.0. The van der Waals surface area contributed by atoms with E-state index in [0.717, 1.165) is 0 Å². The van der Waals surface area contributed by atoms with Crippen LogP contribution in [0.1, 0.15) is 43.1 Å². The molecule has 0 aliphatic rings. The van der Waals surface area contributed by atoms with Gasteiger partial charge in [0.05, 0.1) is 23.8 Å². The van der Waals surface area contributed by atoms with Gasteiger partial charge >= 0.3 is 0 Å². The summed E-state index contributed by atoms with van der Waals surface area (Å²) in [5.74, 6) is -0.919. The fraction of sp³-hybridized carbons (Fsp3) is 0.400. The Labute approximate surface area is 174 Å². The van der Waals surface area contributed by atoms with E-state index in [2.05, 4.69) is 15.4 Å². The number of aliphatic hydroxyl groups is 2. The van der Waals surface area contributed by atoms with Gasteiger partial charge in [0.1, 0.15) is 24.1 Å². The molecule has 10 nitrogen and oxygen atoms in total. The Morgan fingerprint density at radius 1 is 1.40 bits per heavy atom. The molecule has 0 saturated heterocycles. The van der Waals surface area contributed by atoms with Crippen molar-refractivity contribution in [2.75, 3.05) is 18.9 Å². The number of hydrogen-bond donors (Lipinski definition) is 4. The van der Waals surface area contributed by atoms with Crippen LogP contribution in [-0.4, -0.2) is 51.0 Å². The van der Waals surface area contributed by atoms with Crippen molar-refractivity contribution < 1.29 is 24.6 Å². The maximum absolute atomic E-state index is 12.6. The van der Waals surface area contributed by atoms with Crippen LogP contribution in [0.25, 0.3) is 11.4 Å². The number of benzene rings is 1. The third kappa shape index (κ3) is 6.12. The first-order chi connectivity index (χ1) is 14.2. The largest absolute Gasteiger partial charge is 0.471 e. The first-order valence-corrected chi connectivity index (χ1v) is 9.28.